The van der Waals surface area contributed by atoms with E-state index in [4.69, 9.17) is 17.3 Å². The van der Waals surface area contributed by atoms with E-state index in [0.29, 0.717) is 17.7 Å². The molecule has 1 aliphatic heterocycles. The average Bonchev–Trinajstić information content (AvgIpc) is 2.30. The summed E-state index contributed by atoms with van der Waals surface area (Å²) in [5.41, 5.74) is 5.74. The van der Waals surface area contributed by atoms with Gasteiger partial charge in [-0.25, -0.2) is 0 Å². The second-order valence-corrected chi connectivity index (χ2v) is 4.18. The summed E-state index contributed by atoms with van der Waals surface area (Å²) in [4.78, 5) is 2.23. The molecule has 1 atom stereocenters. The highest BCUT2D eigenvalue weighted by molar-refractivity contribution is 6.29. The normalized spacial score (nSPS) is 21.7. The maximum atomic E-state index is 5.74. The first-order chi connectivity index (χ1) is 7.31. The van der Waals surface area contributed by atoms with Crippen LogP contribution in [0, 0.1) is 0 Å². The van der Waals surface area contributed by atoms with Crippen molar-refractivity contribution in [1.82, 2.24) is 10.2 Å². The monoisotopic (exact) mass is 226 g/mol. The summed E-state index contributed by atoms with van der Waals surface area (Å²) in [5, 5.41) is 8.38. The third-order valence-corrected chi connectivity index (χ3v) is 3.01. The van der Waals surface area contributed by atoms with E-state index in [1.807, 2.05) is 6.07 Å². The Morgan fingerprint density at radius 3 is 2.93 bits per heavy atom. The minimum absolute atomic E-state index is 0.397. The molecule has 0 radical (unpaired) electrons. The highest BCUT2D eigenvalue weighted by atomic mass is 35.5. The maximum absolute atomic E-state index is 5.74. The molecule has 2 heterocycles. The highest BCUT2D eigenvalue weighted by Crippen LogP contribution is 2.22. The number of hydrogen-bond acceptors (Lipinski definition) is 4. The van der Waals surface area contributed by atoms with E-state index < -0.39 is 0 Å². The lowest BCUT2D eigenvalue weighted by Gasteiger charge is -2.35. The summed E-state index contributed by atoms with van der Waals surface area (Å²) < 4.78 is 0. The Morgan fingerprint density at radius 1 is 1.40 bits per heavy atom. The summed E-state index contributed by atoms with van der Waals surface area (Å²) in [6.45, 7) is 1.68. The fourth-order valence-electron chi connectivity index (χ4n) is 2.01. The van der Waals surface area contributed by atoms with Crippen molar-refractivity contribution >= 4 is 17.4 Å². The molecule has 5 heteroatoms. The summed E-state index contributed by atoms with van der Waals surface area (Å²) in [7, 11) is 0. The lowest BCUT2D eigenvalue weighted by atomic mass is 10.0. The third-order valence-electron chi connectivity index (χ3n) is 2.81. The van der Waals surface area contributed by atoms with Gasteiger partial charge in [-0.05, 0) is 31.4 Å². The van der Waals surface area contributed by atoms with Gasteiger partial charge in [-0.15, -0.1) is 10.2 Å². The molecule has 82 valence electrons. The Kier molecular flexibility index (Phi) is 3.38. The van der Waals surface area contributed by atoms with Gasteiger partial charge in [0.15, 0.2) is 11.0 Å². The second-order valence-electron chi connectivity index (χ2n) is 3.79. The number of hydrogen-bond donors (Lipinski definition) is 1. The van der Waals surface area contributed by atoms with E-state index in [-0.39, 0.29) is 0 Å². The molecule has 0 bridgehead atoms. The van der Waals surface area contributed by atoms with Crippen molar-refractivity contribution in [2.75, 3.05) is 18.0 Å². The lowest BCUT2D eigenvalue weighted by Crippen LogP contribution is -2.44. The predicted octanol–water partition coefficient (Wildman–Crippen LogP) is 1.45. The van der Waals surface area contributed by atoms with Gasteiger partial charge in [0, 0.05) is 19.1 Å². The van der Waals surface area contributed by atoms with Crippen LogP contribution in [0.4, 0.5) is 5.82 Å². The van der Waals surface area contributed by atoms with Gasteiger partial charge in [0.25, 0.3) is 0 Å². The zero-order valence-corrected chi connectivity index (χ0v) is 9.32. The van der Waals surface area contributed by atoms with Gasteiger partial charge in [0.05, 0.1) is 0 Å². The summed E-state index contributed by atoms with van der Waals surface area (Å²) >= 11 is 5.70. The molecule has 0 amide bonds. The van der Waals surface area contributed by atoms with E-state index in [2.05, 4.69) is 15.1 Å². The number of nitrogens with two attached hydrogens (primary N) is 1. The average molecular weight is 227 g/mol. The minimum Gasteiger partial charge on any atom is -0.351 e. The molecule has 2 N–H and O–H groups in total. The number of anilines is 1. The number of nitrogens with zero attached hydrogens (tertiary/aromatic N) is 3. The molecule has 1 aromatic heterocycles. The van der Waals surface area contributed by atoms with Crippen LogP contribution in [0.5, 0.6) is 0 Å². The third kappa shape index (κ3) is 2.38. The molecule has 1 saturated heterocycles. The SMILES string of the molecule is NC[C@@H]1CCCCN1c1ccc(Cl)nn1. The Morgan fingerprint density at radius 2 is 2.27 bits per heavy atom. The number of rotatable bonds is 2. The van der Waals surface area contributed by atoms with Gasteiger partial charge >= 0.3 is 0 Å². The molecule has 0 aromatic carbocycles. The number of halogens is 1. The van der Waals surface area contributed by atoms with Crippen LogP contribution in [0.15, 0.2) is 12.1 Å². The molecular formula is C10H15ClN4. The van der Waals surface area contributed by atoms with Gasteiger partial charge in [0.2, 0.25) is 0 Å². The van der Waals surface area contributed by atoms with Gasteiger partial charge in [-0.1, -0.05) is 11.6 Å². The van der Waals surface area contributed by atoms with E-state index in [9.17, 15) is 0 Å². The van der Waals surface area contributed by atoms with E-state index in [1.165, 1.54) is 12.8 Å². The quantitative estimate of drug-likeness (QED) is 0.830. The van der Waals surface area contributed by atoms with Gasteiger partial charge in [0.1, 0.15) is 0 Å². The first kappa shape index (κ1) is 10.6. The Balaban J connectivity index is 2.16. The van der Waals surface area contributed by atoms with Crippen LogP contribution in [0.2, 0.25) is 5.15 Å². The van der Waals surface area contributed by atoms with Crippen molar-refractivity contribution in [2.24, 2.45) is 5.73 Å². The van der Waals surface area contributed by atoms with Gasteiger partial charge in [-0.2, -0.15) is 0 Å². The summed E-state index contributed by atoms with van der Waals surface area (Å²) in [6.07, 6.45) is 3.58. The van der Waals surface area contributed by atoms with Gasteiger partial charge in [-0.3, -0.25) is 0 Å². The molecule has 0 aliphatic carbocycles. The molecule has 1 aliphatic rings. The molecule has 0 unspecified atom stereocenters. The Hall–Kier alpha value is -0.870. The zero-order valence-electron chi connectivity index (χ0n) is 8.56. The Bertz CT molecular complexity index is 314. The first-order valence-corrected chi connectivity index (χ1v) is 5.65. The maximum Gasteiger partial charge on any atom is 0.151 e. The summed E-state index contributed by atoms with van der Waals surface area (Å²) in [5.74, 6) is 0.884. The molecule has 1 fully saturated rings. The second kappa shape index (κ2) is 4.77. The van der Waals surface area contributed by atoms with Crippen LogP contribution in [0.1, 0.15) is 19.3 Å². The molecular weight excluding hydrogens is 212 g/mol. The molecule has 0 spiro atoms. The molecule has 15 heavy (non-hydrogen) atoms. The van der Waals surface area contributed by atoms with Crippen LogP contribution in [-0.2, 0) is 0 Å². The minimum atomic E-state index is 0.397. The Labute approximate surface area is 94.4 Å². The van der Waals surface area contributed by atoms with E-state index >= 15 is 0 Å². The van der Waals surface area contributed by atoms with Crippen LogP contribution >= 0.6 is 11.6 Å². The van der Waals surface area contributed by atoms with Crippen molar-refractivity contribution in [1.29, 1.82) is 0 Å². The molecule has 4 nitrogen and oxygen atoms in total. The standard InChI is InChI=1S/C10H15ClN4/c11-9-4-5-10(14-13-9)15-6-2-1-3-8(15)7-12/h4-5,8H,1-3,6-7,12H2/t8-/m0/s1. The van der Waals surface area contributed by atoms with Crippen LogP contribution in [-0.4, -0.2) is 29.3 Å². The molecule has 2 rings (SSSR count). The lowest BCUT2D eigenvalue weighted by molar-refractivity contribution is 0.461. The first-order valence-electron chi connectivity index (χ1n) is 5.27. The van der Waals surface area contributed by atoms with E-state index in [0.717, 1.165) is 18.8 Å². The van der Waals surface area contributed by atoms with Gasteiger partial charge < -0.3 is 10.6 Å². The van der Waals surface area contributed by atoms with Crippen molar-refractivity contribution < 1.29 is 0 Å². The highest BCUT2D eigenvalue weighted by Gasteiger charge is 2.22. The van der Waals surface area contributed by atoms with Crippen LogP contribution in [0.3, 0.4) is 0 Å². The van der Waals surface area contributed by atoms with Crippen molar-refractivity contribution in [3.8, 4) is 0 Å². The molecule has 0 saturated carbocycles. The van der Waals surface area contributed by atoms with Crippen molar-refractivity contribution in [3.05, 3.63) is 17.3 Å². The number of aromatic nitrogens is 2. The zero-order chi connectivity index (χ0) is 10.7. The number of piperidine rings is 1. The topological polar surface area (TPSA) is 55.0 Å². The van der Waals surface area contributed by atoms with Crippen molar-refractivity contribution in [2.45, 2.75) is 25.3 Å². The predicted molar refractivity (Wildman–Crippen MR) is 61.1 cm³/mol. The summed E-state index contributed by atoms with van der Waals surface area (Å²) in [6, 6.07) is 4.07. The molecule has 1 aromatic rings. The van der Waals surface area contributed by atoms with Crippen molar-refractivity contribution in [3.63, 3.8) is 0 Å². The van der Waals surface area contributed by atoms with Crippen LogP contribution < -0.4 is 10.6 Å². The van der Waals surface area contributed by atoms with Crippen LogP contribution in [0.25, 0.3) is 0 Å². The fraction of sp³-hybridized carbons (Fsp3) is 0.600. The largest absolute Gasteiger partial charge is 0.351 e. The van der Waals surface area contributed by atoms with E-state index in [1.54, 1.807) is 6.07 Å². The smallest absolute Gasteiger partial charge is 0.151 e. The fourth-order valence-corrected chi connectivity index (χ4v) is 2.11.